The van der Waals surface area contributed by atoms with Crippen molar-refractivity contribution >= 4 is 72.9 Å². The zero-order valence-corrected chi connectivity index (χ0v) is 36.7. The van der Waals surface area contributed by atoms with Crippen molar-refractivity contribution in [2.24, 2.45) is 16.1 Å². The van der Waals surface area contributed by atoms with E-state index in [9.17, 15) is 18.6 Å². The molecule has 0 spiro atoms. The first-order chi connectivity index (χ1) is 31.2. The number of anilines is 1. The minimum Gasteiger partial charge on any atom is -0.455 e. The van der Waals surface area contributed by atoms with Gasteiger partial charge in [-0.15, -0.1) is 5.06 Å². The summed E-state index contributed by atoms with van der Waals surface area (Å²) in [4.78, 5) is 45.2. The molecule has 5 heterocycles. The Labute approximate surface area is 372 Å². The molecule has 12 nitrogen and oxygen atoms in total. The van der Waals surface area contributed by atoms with Crippen LogP contribution in [0.5, 0.6) is 11.5 Å². The van der Waals surface area contributed by atoms with Crippen LogP contribution < -0.4 is 24.8 Å². The van der Waals surface area contributed by atoms with Crippen molar-refractivity contribution in [1.29, 1.82) is 0 Å². The summed E-state index contributed by atoms with van der Waals surface area (Å²) in [5, 5.41) is 16.3. The fraction of sp³-hybridized carbons (Fsp3) is 0.294. The third-order valence-corrected chi connectivity index (χ3v) is 14.9. The van der Waals surface area contributed by atoms with E-state index in [0.29, 0.717) is 35.9 Å². The Morgan fingerprint density at radius 1 is 0.766 bits per heavy atom. The molecule has 5 aliphatic rings. The summed E-state index contributed by atoms with van der Waals surface area (Å²) in [7, 11) is 2.42. The fourth-order valence-electron chi connectivity index (χ4n) is 10.1. The van der Waals surface area contributed by atoms with Gasteiger partial charge in [0.1, 0.15) is 35.6 Å². The van der Waals surface area contributed by atoms with Crippen LogP contribution in [0.15, 0.2) is 112 Å². The predicted molar refractivity (Wildman–Crippen MR) is 246 cm³/mol. The minimum atomic E-state index is -1.59. The number of aryl methyl sites for hydroxylation is 2. The molecule has 2 fully saturated rings. The maximum Gasteiger partial charge on any atom is 0.336 e. The van der Waals surface area contributed by atoms with Gasteiger partial charge in [0.25, 0.3) is 11.8 Å². The number of carbonyl (C=O) groups excluding carboxylic acids is 3. The van der Waals surface area contributed by atoms with E-state index in [-0.39, 0.29) is 12.8 Å². The van der Waals surface area contributed by atoms with Crippen LogP contribution in [0.25, 0.3) is 27.1 Å². The Bertz CT molecular complexity index is 3140. The second-order valence-corrected chi connectivity index (χ2v) is 18.9. The largest absolute Gasteiger partial charge is 0.455 e. The first-order valence-corrected chi connectivity index (χ1v) is 23.3. The monoisotopic (exact) mass is 871 g/mol. The lowest BCUT2D eigenvalue weighted by Gasteiger charge is -2.31. The SMILES string of the molecule is CN(C)c1ccc(N=Nc2ccc3c4c(ccc3c2)C(c2ccccc2S(=O)N2CCC(C(=O)ON3C(=O)CCC3=O)CC2)=c2ccc3c5c6c(cc3c2O4)CCC[N+]=6CCC5)cc1. The summed E-state index contributed by atoms with van der Waals surface area (Å²) in [6, 6.07) is 32.9. The number of hydroxylamine groups is 2. The van der Waals surface area contributed by atoms with E-state index in [1.165, 1.54) is 21.9 Å². The van der Waals surface area contributed by atoms with Crippen molar-refractivity contribution in [2.75, 3.05) is 45.2 Å². The van der Waals surface area contributed by atoms with E-state index in [1.54, 1.807) is 0 Å². The summed E-state index contributed by atoms with van der Waals surface area (Å²) in [5.41, 5.74) is 8.03. The molecule has 6 aromatic rings. The highest BCUT2D eigenvalue weighted by atomic mass is 32.2. The summed E-state index contributed by atoms with van der Waals surface area (Å²) >= 11 is 0. The summed E-state index contributed by atoms with van der Waals surface area (Å²) in [6.45, 7) is 2.92. The maximum absolute atomic E-state index is 14.8. The van der Waals surface area contributed by atoms with Crippen molar-refractivity contribution in [1.82, 2.24) is 13.9 Å². The predicted octanol–water partition coefficient (Wildman–Crippen LogP) is 7.55. The number of nitrogens with zero attached hydrogens (tertiary/aromatic N) is 6. The lowest BCUT2D eigenvalue weighted by molar-refractivity contribution is -0.201. The van der Waals surface area contributed by atoms with Crippen LogP contribution in [0.1, 0.15) is 60.8 Å². The van der Waals surface area contributed by atoms with E-state index in [4.69, 9.17) is 9.57 Å². The van der Waals surface area contributed by atoms with E-state index < -0.39 is 34.7 Å². The zero-order chi connectivity index (χ0) is 43.6. The van der Waals surface area contributed by atoms with Crippen molar-refractivity contribution in [3.8, 4) is 11.5 Å². The number of hydrogen-bond acceptors (Lipinski definition) is 9. The quantitative estimate of drug-likeness (QED) is 0.0878. The number of amides is 2. The molecule has 5 aliphatic heterocycles. The molecule has 0 aromatic heterocycles. The average Bonchev–Trinajstić information content (AvgIpc) is 3.64. The number of piperidine rings is 1. The smallest absolute Gasteiger partial charge is 0.336 e. The molecule has 11 rings (SSSR count). The number of imide groups is 1. The molecule has 0 N–H and O–H groups in total. The van der Waals surface area contributed by atoms with Crippen molar-refractivity contribution in [3.05, 3.63) is 130 Å². The van der Waals surface area contributed by atoms with Crippen LogP contribution in [0.3, 0.4) is 0 Å². The van der Waals surface area contributed by atoms with E-state index in [2.05, 4.69) is 51.2 Å². The van der Waals surface area contributed by atoms with E-state index >= 15 is 0 Å². The fourth-order valence-corrected chi connectivity index (χ4v) is 11.5. The Morgan fingerprint density at radius 3 is 2.27 bits per heavy atom. The van der Waals surface area contributed by atoms with Crippen molar-refractivity contribution in [2.45, 2.75) is 56.3 Å². The topological polar surface area (TPSA) is 124 Å². The molecule has 6 aromatic carbocycles. The highest BCUT2D eigenvalue weighted by molar-refractivity contribution is 7.82. The standard InChI is InChI=1S/C51H47N6O6S/c1-54(2)36-15-12-34(13-16-36)52-53-35-14-18-37-32(29-35)11-17-41-47(42-20-19-38-39-9-6-26-55-25-5-7-33(48(39)55)30-43(38)50(42)62-49(37)41)40-8-3-4-10-44(40)64(61)56-27-23-31(24-28-56)51(60)63-57-45(58)21-22-46(57)59/h3-4,8,10-20,29-31H,5-7,9,21-28H2,1-2H3/q+1. The third kappa shape index (κ3) is 6.98. The highest BCUT2D eigenvalue weighted by Gasteiger charge is 2.37. The Balaban J connectivity index is 1.00. The molecule has 1 unspecified atom stereocenters. The average molecular weight is 872 g/mol. The van der Waals surface area contributed by atoms with Gasteiger partial charge in [-0.05, 0) is 103 Å². The van der Waals surface area contributed by atoms with Gasteiger partial charge in [0.15, 0.2) is 0 Å². The molecule has 322 valence electrons. The number of hydrogen-bond donors (Lipinski definition) is 0. The van der Waals surface area contributed by atoms with Gasteiger partial charge >= 0.3 is 5.97 Å². The summed E-state index contributed by atoms with van der Waals surface area (Å²) < 4.78 is 26.5. The first-order valence-electron chi connectivity index (χ1n) is 22.2. The molecule has 2 amide bonds. The van der Waals surface area contributed by atoms with Gasteiger partial charge in [-0.1, -0.05) is 30.3 Å². The van der Waals surface area contributed by atoms with Gasteiger partial charge in [-0.25, -0.2) is 17.9 Å². The molecule has 0 bridgehead atoms. The van der Waals surface area contributed by atoms with Crippen molar-refractivity contribution < 1.29 is 28.2 Å². The summed E-state index contributed by atoms with van der Waals surface area (Å²) in [5.74, 6) is -0.592. The van der Waals surface area contributed by atoms with Gasteiger partial charge < -0.3 is 14.5 Å². The van der Waals surface area contributed by atoms with Crippen LogP contribution in [-0.4, -0.2) is 71.6 Å². The summed E-state index contributed by atoms with van der Waals surface area (Å²) in [6.07, 6.45) is 5.12. The molecule has 0 radical (unpaired) electrons. The zero-order valence-electron chi connectivity index (χ0n) is 35.8. The van der Waals surface area contributed by atoms with Gasteiger partial charge in [-0.2, -0.15) is 10.2 Å². The van der Waals surface area contributed by atoms with Crippen LogP contribution in [0.2, 0.25) is 0 Å². The second kappa shape index (κ2) is 16.2. The number of ether oxygens (including phenoxy) is 1. The Hall–Kier alpha value is -6.57. The number of azo groups is 1. The Kier molecular flexibility index (Phi) is 10.2. The van der Waals surface area contributed by atoms with E-state index in [1.807, 2.05) is 84.0 Å². The first kappa shape index (κ1) is 40.2. The second-order valence-electron chi connectivity index (χ2n) is 17.5. The molecule has 64 heavy (non-hydrogen) atoms. The molecular weight excluding hydrogens is 825 g/mol. The number of rotatable bonds is 8. The molecule has 1 atom stereocenters. The third-order valence-electron chi connectivity index (χ3n) is 13.4. The van der Waals surface area contributed by atoms with Crippen LogP contribution in [-0.2, 0) is 43.0 Å². The van der Waals surface area contributed by atoms with Gasteiger partial charge in [0.2, 0.25) is 5.36 Å². The molecule has 2 saturated heterocycles. The number of carbonyl (C=O) groups is 3. The van der Waals surface area contributed by atoms with Gasteiger partial charge in [-0.3, -0.25) is 9.59 Å². The minimum absolute atomic E-state index is 0.0402. The maximum atomic E-state index is 14.8. The Morgan fingerprint density at radius 2 is 1.48 bits per heavy atom. The molecular formula is C51H47N6O6S+. The van der Waals surface area contributed by atoms with Crippen LogP contribution >= 0.6 is 0 Å². The number of benzene rings is 6. The van der Waals surface area contributed by atoms with Gasteiger partial charge in [0.05, 0.1) is 22.2 Å². The lowest BCUT2D eigenvalue weighted by atomic mass is 9.87. The number of fused-ring (bicyclic) bond motifs is 7. The van der Waals surface area contributed by atoms with Crippen LogP contribution in [0, 0.1) is 5.92 Å². The molecule has 0 aliphatic carbocycles. The highest BCUT2D eigenvalue weighted by Crippen LogP contribution is 2.45. The lowest BCUT2D eigenvalue weighted by Crippen LogP contribution is -2.43. The normalized spacial score (nSPS) is 18.0. The van der Waals surface area contributed by atoms with Crippen LogP contribution in [0.4, 0.5) is 17.1 Å². The molecule has 0 saturated carbocycles. The van der Waals surface area contributed by atoms with Crippen molar-refractivity contribution in [3.63, 3.8) is 0 Å². The van der Waals surface area contributed by atoms with Gasteiger partial charge in [0, 0.05) is 102 Å². The van der Waals surface area contributed by atoms with E-state index in [0.717, 1.165) is 105 Å². The molecule has 13 heteroatoms.